The van der Waals surface area contributed by atoms with Crippen LogP contribution in [0, 0.1) is 6.92 Å². The Balaban J connectivity index is 2.77. The molecule has 1 amide bonds. The number of hydrogen-bond acceptors (Lipinski definition) is 3. The number of primary sulfonamides is 1. The average Bonchev–Trinajstić information content (AvgIpc) is 2.37. The van der Waals surface area contributed by atoms with Crippen LogP contribution in [-0.4, -0.2) is 14.3 Å². The number of rotatable bonds is 7. The monoisotopic (exact) mass is 376 g/mol. The van der Waals surface area contributed by atoms with Crippen molar-refractivity contribution in [1.29, 1.82) is 0 Å². The molecule has 1 aromatic rings. The number of anilines is 1. The minimum Gasteiger partial charge on any atom is -0.325 e. The van der Waals surface area contributed by atoms with E-state index in [-0.39, 0.29) is 10.8 Å². The molecule has 0 saturated carbocycles. The molecule has 3 N–H and O–H groups in total. The SMILES string of the molecule is CCCCCCC(=O)Nc1cc(C)c(S(N)(=O)=O)cc1Br. The van der Waals surface area contributed by atoms with E-state index in [1.54, 1.807) is 13.0 Å². The van der Waals surface area contributed by atoms with Crippen LogP contribution in [0.1, 0.15) is 44.6 Å². The lowest BCUT2D eigenvalue weighted by atomic mass is 10.1. The predicted molar refractivity (Wildman–Crippen MR) is 87.6 cm³/mol. The molecule has 0 radical (unpaired) electrons. The first-order valence-corrected chi connectivity index (χ1v) is 9.22. The summed E-state index contributed by atoms with van der Waals surface area (Å²) in [6, 6.07) is 3.02. The summed E-state index contributed by atoms with van der Waals surface area (Å²) in [6.45, 7) is 3.76. The highest BCUT2D eigenvalue weighted by molar-refractivity contribution is 9.10. The van der Waals surface area contributed by atoms with Crippen molar-refractivity contribution in [2.24, 2.45) is 5.14 Å². The fourth-order valence-corrected chi connectivity index (χ4v) is 3.37. The molecular weight excluding hydrogens is 356 g/mol. The Morgan fingerprint density at radius 2 is 1.95 bits per heavy atom. The number of benzene rings is 1. The van der Waals surface area contributed by atoms with Gasteiger partial charge in [-0.3, -0.25) is 4.79 Å². The van der Waals surface area contributed by atoms with E-state index < -0.39 is 10.0 Å². The van der Waals surface area contributed by atoms with Gasteiger partial charge < -0.3 is 5.32 Å². The van der Waals surface area contributed by atoms with Crippen molar-refractivity contribution in [3.8, 4) is 0 Å². The van der Waals surface area contributed by atoms with E-state index in [0.717, 1.165) is 25.7 Å². The fourth-order valence-electron chi connectivity index (χ4n) is 1.99. The van der Waals surface area contributed by atoms with Crippen molar-refractivity contribution in [2.75, 3.05) is 5.32 Å². The lowest BCUT2D eigenvalue weighted by molar-refractivity contribution is -0.116. The minimum atomic E-state index is -3.76. The van der Waals surface area contributed by atoms with E-state index in [1.807, 2.05) is 0 Å². The molecule has 0 spiro atoms. The molecule has 0 aliphatic heterocycles. The maximum absolute atomic E-state index is 11.8. The summed E-state index contributed by atoms with van der Waals surface area (Å²) in [5.41, 5.74) is 1.06. The molecule has 0 atom stereocenters. The van der Waals surface area contributed by atoms with Gasteiger partial charge in [-0.1, -0.05) is 26.2 Å². The zero-order valence-electron chi connectivity index (χ0n) is 12.3. The second kappa shape index (κ2) is 7.91. The third-order valence-electron chi connectivity index (χ3n) is 3.10. The van der Waals surface area contributed by atoms with E-state index in [0.29, 0.717) is 22.1 Å². The van der Waals surface area contributed by atoms with E-state index in [9.17, 15) is 13.2 Å². The highest BCUT2D eigenvalue weighted by Gasteiger charge is 2.15. The van der Waals surface area contributed by atoms with Gasteiger partial charge in [0.05, 0.1) is 10.6 Å². The van der Waals surface area contributed by atoms with Gasteiger partial charge in [0.1, 0.15) is 0 Å². The van der Waals surface area contributed by atoms with E-state index in [1.165, 1.54) is 6.07 Å². The van der Waals surface area contributed by atoms with Crippen molar-refractivity contribution in [2.45, 2.75) is 50.8 Å². The number of carbonyl (C=O) groups is 1. The van der Waals surface area contributed by atoms with Crippen LogP contribution in [0.15, 0.2) is 21.5 Å². The number of unbranched alkanes of at least 4 members (excludes halogenated alkanes) is 3. The normalized spacial score (nSPS) is 11.4. The van der Waals surface area contributed by atoms with Gasteiger partial charge in [0.15, 0.2) is 0 Å². The summed E-state index contributed by atoms with van der Waals surface area (Å²) in [6.07, 6.45) is 4.60. The minimum absolute atomic E-state index is 0.0512. The van der Waals surface area contributed by atoms with Gasteiger partial charge in [0, 0.05) is 10.9 Å². The molecule has 0 unspecified atom stereocenters. The van der Waals surface area contributed by atoms with Crippen LogP contribution in [0.25, 0.3) is 0 Å². The van der Waals surface area contributed by atoms with Crippen LogP contribution < -0.4 is 10.5 Å². The van der Waals surface area contributed by atoms with Crippen LogP contribution in [0.3, 0.4) is 0 Å². The first-order valence-electron chi connectivity index (χ1n) is 6.88. The van der Waals surface area contributed by atoms with Gasteiger partial charge in [-0.05, 0) is 47.0 Å². The lowest BCUT2D eigenvalue weighted by Crippen LogP contribution is -2.15. The highest BCUT2D eigenvalue weighted by atomic mass is 79.9. The fraction of sp³-hybridized carbons (Fsp3) is 0.500. The molecule has 5 nitrogen and oxygen atoms in total. The maximum Gasteiger partial charge on any atom is 0.238 e. The zero-order valence-corrected chi connectivity index (χ0v) is 14.7. The first-order chi connectivity index (χ1) is 9.75. The second-order valence-corrected chi connectivity index (χ2v) is 7.39. The third kappa shape index (κ3) is 5.76. The molecule has 1 aromatic carbocycles. The van der Waals surface area contributed by atoms with Crippen molar-refractivity contribution in [3.05, 3.63) is 22.2 Å². The molecule has 7 heteroatoms. The van der Waals surface area contributed by atoms with E-state index in [4.69, 9.17) is 5.14 Å². The van der Waals surface area contributed by atoms with E-state index in [2.05, 4.69) is 28.2 Å². The summed E-state index contributed by atoms with van der Waals surface area (Å²) in [4.78, 5) is 11.9. The van der Waals surface area contributed by atoms with Gasteiger partial charge in [0.25, 0.3) is 0 Å². The number of halogens is 1. The van der Waals surface area contributed by atoms with E-state index >= 15 is 0 Å². The van der Waals surface area contributed by atoms with Crippen LogP contribution >= 0.6 is 15.9 Å². The molecule has 0 aliphatic carbocycles. The molecule has 0 aliphatic rings. The van der Waals surface area contributed by atoms with Crippen LogP contribution in [0.5, 0.6) is 0 Å². The Hall–Kier alpha value is -0.920. The van der Waals surface area contributed by atoms with Gasteiger partial charge in [-0.2, -0.15) is 0 Å². The number of sulfonamides is 1. The van der Waals surface area contributed by atoms with Gasteiger partial charge in [-0.15, -0.1) is 0 Å². The summed E-state index contributed by atoms with van der Waals surface area (Å²) >= 11 is 3.26. The quantitative estimate of drug-likeness (QED) is 0.715. The van der Waals surface area contributed by atoms with Crippen molar-refractivity contribution < 1.29 is 13.2 Å². The summed E-state index contributed by atoms with van der Waals surface area (Å²) in [5, 5.41) is 7.92. The Bertz CT molecular complexity index is 615. The number of carbonyl (C=O) groups excluding carboxylic acids is 1. The molecule has 0 fully saturated rings. The topological polar surface area (TPSA) is 89.3 Å². The lowest BCUT2D eigenvalue weighted by Gasteiger charge is -2.11. The van der Waals surface area contributed by atoms with Crippen molar-refractivity contribution in [3.63, 3.8) is 0 Å². The smallest absolute Gasteiger partial charge is 0.238 e. The molecule has 0 heterocycles. The van der Waals surface area contributed by atoms with Crippen LogP contribution in [0.2, 0.25) is 0 Å². The summed E-state index contributed by atoms with van der Waals surface area (Å²) < 4.78 is 23.3. The summed E-state index contributed by atoms with van der Waals surface area (Å²) in [5.74, 6) is -0.0745. The standard InChI is InChI=1S/C14H21BrN2O3S/c1-3-4-5-6-7-14(18)17-12-8-10(2)13(9-11(12)15)21(16,19)20/h8-9H,3-7H2,1-2H3,(H,17,18)(H2,16,19,20). The zero-order chi connectivity index (χ0) is 16.0. The number of nitrogens with one attached hydrogen (secondary N) is 1. The van der Waals surface area contributed by atoms with Crippen molar-refractivity contribution >= 4 is 37.5 Å². The van der Waals surface area contributed by atoms with Crippen LogP contribution in [0.4, 0.5) is 5.69 Å². The molecule has 0 saturated heterocycles. The van der Waals surface area contributed by atoms with Crippen molar-refractivity contribution in [1.82, 2.24) is 0 Å². The van der Waals surface area contributed by atoms with Crippen LogP contribution in [-0.2, 0) is 14.8 Å². The Kier molecular flexibility index (Phi) is 6.83. The van der Waals surface area contributed by atoms with Gasteiger partial charge >= 0.3 is 0 Å². The molecule has 0 aromatic heterocycles. The number of amides is 1. The Labute approximate surface area is 134 Å². The summed E-state index contributed by atoms with van der Waals surface area (Å²) in [7, 11) is -3.76. The Morgan fingerprint density at radius 1 is 1.29 bits per heavy atom. The third-order valence-corrected chi connectivity index (χ3v) is 4.81. The molecule has 1 rings (SSSR count). The first kappa shape index (κ1) is 18.1. The number of nitrogens with two attached hydrogens (primary N) is 1. The Morgan fingerprint density at radius 3 is 2.52 bits per heavy atom. The number of aryl methyl sites for hydroxylation is 1. The maximum atomic E-state index is 11.8. The molecule has 118 valence electrons. The second-order valence-electron chi connectivity index (χ2n) is 5.00. The molecular formula is C14H21BrN2O3S. The highest BCUT2D eigenvalue weighted by Crippen LogP contribution is 2.28. The van der Waals surface area contributed by atoms with Gasteiger partial charge in [0.2, 0.25) is 15.9 Å². The largest absolute Gasteiger partial charge is 0.325 e. The van der Waals surface area contributed by atoms with Gasteiger partial charge in [-0.25, -0.2) is 13.6 Å². The number of hydrogen-bond donors (Lipinski definition) is 2. The average molecular weight is 377 g/mol. The molecule has 21 heavy (non-hydrogen) atoms. The predicted octanol–water partition coefficient (Wildman–Crippen LogP) is 3.31. The molecule has 0 bridgehead atoms.